The van der Waals surface area contributed by atoms with Crippen LogP contribution in [0.1, 0.15) is 0 Å². The molecule has 0 aromatic heterocycles. The summed E-state index contributed by atoms with van der Waals surface area (Å²) in [5, 5.41) is 9.97. The Kier molecular flexibility index (Phi) is 8.23. The van der Waals surface area contributed by atoms with Crippen molar-refractivity contribution >= 4 is 11.4 Å². The van der Waals surface area contributed by atoms with Gasteiger partial charge in [0.25, 0.3) is 0 Å². The van der Waals surface area contributed by atoms with E-state index in [4.69, 9.17) is 9.47 Å². The normalized spacial score (nSPS) is 14.7. The molecule has 0 aliphatic carbocycles. The molecule has 0 aliphatic heterocycles. The van der Waals surface area contributed by atoms with Crippen LogP contribution in [0.15, 0.2) is 72.8 Å². The van der Waals surface area contributed by atoms with E-state index in [0.717, 1.165) is 18.2 Å². The Hall–Kier alpha value is -3.51. The summed E-state index contributed by atoms with van der Waals surface area (Å²) in [7, 11) is 2.75. The highest BCUT2D eigenvalue weighted by Gasteiger charge is 2.47. The van der Waals surface area contributed by atoms with E-state index in [2.05, 4.69) is 4.74 Å². The van der Waals surface area contributed by atoms with E-state index in [9.17, 15) is 35.8 Å². The van der Waals surface area contributed by atoms with Gasteiger partial charge in [0.1, 0.15) is 29.5 Å². The topological polar surface area (TPSA) is 47.9 Å². The van der Waals surface area contributed by atoms with Crippen LogP contribution in [0.25, 0.3) is 0 Å². The molecule has 1 N–H and O–H groups in total. The fourth-order valence-electron chi connectivity index (χ4n) is 3.57. The third kappa shape index (κ3) is 6.63. The monoisotopic (exact) mass is 534 g/mol. The number of aliphatic hydroxyl groups excluding tert-OH is 1. The number of hydrogen-bond donors (Lipinski definition) is 1. The van der Waals surface area contributed by atoms with Gasteiger partial charge in [-0.1, -0.05) is 18.2 Å². The maximum absolute atomic E-state index is 13.5. The standard InChI is InChI=1S/C25H23F7NO4/c1-33(15-22(34)24(28,29)30,16-6-5-7-19(14-16)37-25(31,32)23(26)27)20-8-3-4-9-21(20)36-18-12-10-17(35-2)11-13-18/h3-14,22-23,34H,15H2,1-2H3/q+1. The van der Waals surface area contributed by atoms with Crippen molar-refractivity contribution in [2.75, 3.05) is 20.7 Å². The summed E-state index contributed by atoms with van der Waals surface area (Å²) in [6.45, 7) is -0.999. The van der Waals surface area contributed by atoms with Crippen molar-refractivity contribution < 1.29 is 50.1 Å². The number of nitrogens with zero attached hydrogens (tertiary/aromatic N) is 1. The predicted octanol–water partition coefficient (Wildman–Crippen LogP) is 6.92. The molecule has 0 aliphatic rings. The molecular weight excluding hydrogens is 511 g/mol. The van der Waals surface area contributed by atoms with Crippen LogP contribution in [0.4, 0.5) is 42.1 Å². The van der Waals surface area contributed by atoms with Crippen molar-refractivity contribution in [3.63, 3.8) is 0 Å². The molecule has 37 heavy (non-hydrogen) atoms. The molecule has 0 saturated carbocycles. The molecule has 3 rings (SSSR count). The van der Waals surface area contributed by atoms with Gasteiger partial charge < -0.3 is 19.3 Å². The van der Waals surface area contributed by atoms with Crippen LogP contribution in [0.5, 0.6) is 23.0 Å². The van der Waals surface area contributed by atoms with Gasteiger partial charge in [0.15, 0.2) is 17.5 Å². The SMILES string of the molecule is COc1ccc(Oc2ccccc2[N+](C)(CC(O)C(F)(F)F)c2cccc(OC(F)(F)C(F)F)c2)cc1. The Morgan fingerprint density at radius 2 is 1.46 bits per heavy atom. The van der Waals surface area contributed by atoms with Gasteiger partial charge in [-0.3, -0.25) is 4.48 Å². The number of benzene rings is 3. The third-order valence-corrected chi connectivity index (χ3v) is 5.50. The first-order valence-electron chi connectivity index (χ1n) is 10.7. The first-order chi connectivity index (χ1) is 17.3. The zero-order chi connectivity index (χ0) is 27.4. The van der Waals surface area contributed by atoms with Crippen molar-refractivity contribution in [2.24, 2.45) is 0 Å². The molecule has 12 heteroatoms. The van der Waals surface area contributed by atoms with Crippen LogP contribution in [0.2, 0.25) is 0 Å². The Balaban J connectivity index is 2.11. The highest BCUT2D eigenvalue weighted by Crippen LogP contribution is 2.44. The molecule has 0 bridgehead atoms. The number of hydrogen-bond acceptors (Lipinski definition) is 4. The second kappa shape index (κ2) is 10.9. The van der Waals surface area contributed by atoms with Gasteiger partial charge in [-0.05, 0) is 42.5 Å². The predicted molar refractivity (Wildman–Crippen MR) is 122 cm³/mol. The van der Waals surface area contributed by atoms with Crippen LogP contribution < -0.4 is 18.7 Å². The lowest BCUT2D eigenvalue weighted by atomic mass is 10.1. The smallest absolute Gasteiger partial charge is 0.461 e. The Morgan fingerprint density at radius 3 is 2.05 bits per heavy atom. The summed E-state index contributed by atoms with van der Waals surface area (Å²) in [4.78, 5) is 0. The minimum absolute atomic E-state index is 0.0725. The van der Waals surface area contributed by atoms with E-state index < -0.39 is 41.6 Å². The molecule has 200 valence electrons. The first-order valence-corrected chi connectivity index (χ1v) is 10.7. The van der Waals surface area contributed by atoms with E-state index in [-0.39, 0.29) is 17.1 Å². The van der Waals surface area contributed by atoms with Gasteiger partial charge in [-0.2, -0.15) is 30.7 Å². The maximum atomic E-state index is 13.5. The summed E-state index contributed by atoms with van der Waals surface area (Å²) < 4.78 is 107. The number of methoxy groups -OCH3 is 1. The van der Waals surface area contributed by atoms with Gasteiger partial charge in [-0.15, -0.1) is 0 Å². The van der Waals surface area contributed by atoms with Crippen LogP contribution in [0.3, 0.4) is 0 Å². The lowest BCUT2D eigenvalue weighted by Crippen LogP contribution is -2.50. The largest absolute Gasteiger partial charge is 0.497 e. The number of rotatable bonds is 10. The van der Waals surface area contributed by atoms with E-state index in [1.807, 2.05) is 0 Å². The number of para-hydroxylation sites is 2. The van der Waals surface area contributed by atoms with Gasteiger partial charge in [0, 0.05) is 12.1 Å². The summed E-state index contributed by atoms with van der Waals surface area (Å²) in [5.41, 5.74) is 0.0380. The average molecular weight is 534 g/mol. The van der Waals surface area contributed by atoms with E-state index in [1.54, 1.807) is 30.3 Å². The van der Waals surface area contributed by atoms with Crippen molar-refractivity contribution in [3.8, 4) is 23.0 Å². The highest BCUT2D eigenvalue weighted by molar-refractivity contribution is 5.66. The molecule has 0 heterocycles. The van der Waals surface area contributed by atoms with Crippen LogP contribution >= 0.6 is 0 Å². The second-order valence-electron chi connectivity index (χ2n) is 8.14. The van der Waals surface area contributed by atoms with Crippen LogP contribution in [-0.4, -0.2) is 50.6 Å². The van der Waals surface area contributed by atoms with Crippen LogP contribution in [-0.2, 0) is 0 Å². The van der Waals surface area contributed by atoms with E-state index in [0.29, 0.717) is 11.5 Å². The summed E-state index contributed by atoms with van der Waals surface area (Å²) in [6, 6.07) is 16.6. The molecule has 0 radical (unpaired) electrons. The van der Waals surface area contributed by atoms with Crippen molar-refractivity contribution in [2.45, 2.75) is 24.8 Å². The van der Waals surface area contributed by atoms with Gasteiger partial charge in [0.2, 0.25) is 0 Å². The number of quaternary nitrogens is 1. The maximum Gasteiger partial charge on any atom is 0.461 e. The molecule has 0 fully saturated rings. The second-order valence-corrected chi connectivity index (χ2v) is 8.14. The fraction of sp³-hybridized carbons (Fsp3) is 0.280. The van der Waals surface area contributed by atoms with Gasteiger partial charge in [0.05, 0.1) is 14.2 Å². The molecule has 3 aromatic carbocycles. The minimum Gasteiger partial charge on any atom is -0.497 e. The lowest BCUT2D eigenvalue weighted by molar-refractivity contribution is -0.253. The Labute approximate surface area is 207 Å². The fourth-order valence-corrected chi connectivity index (χ4v) is 3.57. The van der Waals surface area contributed by atoms with E-state index >= 15 is 0 Å². The van der Waals surface area contributed by atoms with Crippen molar-refractivity contribution in [1.29, 1.82) is 0 Å². The molecule has 0 saturated heterocycles. The van der Waals surface area contributed by atoms with Crippen molar-refractivity contribution in [1.82, 2.24) is 4.48 Å². The molecule has 3 aromatic rings. The lowest BCUT2D eigenvalue weighted by Gasteiger charge is -2.36. The number of ether oxygens (including phenoxy) is 3. The summed E-state index contributed by atoms with van der Waals surface area (Å²) in [5.74, 6) is 0.229. The highest BCUT2D eigenvalue weighted by atomic mass is 19.4. The molecule has 0 amide bonds. The average Bonchev–Trinajstić information content (AvgIpc) is 2.84. The number of alkyl halides is 7. The Bertz CT molecular complexity index is 1190. The zero-order valence-electron chi connectivity index (χ0n) is 19.6. The van der Waals surface area contributed by atoms with Crippen LogP contribution in [0, 0.1) is 0 Å². The number of halogens is 7. The zero-order valence-corrected chi connectivity index (χ0v) is 19.6. The number of likely N-dealkylation sites (N-methyl/N-ethyl adjacent to an activating group) is 1. The Morgan fingerprint density at radius 1 is 0.838 bits per heavy atom. The van der Waals surface area contributed by atoms with Gasteiger partial charge in [-0.25, -0.2) is 0 Å². The van der Waals surface area contributed by atoms with Crippen molar-refractivity contribution in [3.05, 3.63) is 72.8 Å². The number of aliphatic hydroxyl groups is 1. The molecule has 5 nitrogen and oxygen atoms in total. The molecular formula is C25H23F7NO4+. The molecule has 2 unspecified atom stereocenters. The molecule has 2 atom stereocenters. The quantitative estimate of drug-likeness (QED) is 0.227. The van der Waals surface area contributed by atoms with E-state index in [1.165, 1.54) is 38.4 Å². The summed E-state index contributed by atoms with van der Waals surface area (Å²) in [6.07, 6.45) is -16.8. The first kappa shape index (κ1) is 28.1. The minimum atomic E-state index is -5.01. The molecule has 0 spiro atoms. The van der Waals surface area contributed by atoms with Gasteiger partial charge >= 0.3 is 18.7 Å². The summed E-state index contributed by atoms with van der Waals surface area (Å²) >= 11 is 0. The third-order valence-electron chi connectivity index (χ3n) is 5.50.